The number of carbonyl (C=O) groups excluding carboxylic acids is 2. The van der Waals surface area contributed by atoms with Crippen LogP contribution in [0.1, 0.15) is 23.2 Å². The van der Waals surface area contributed by atoms with Crippen molar-refractivity contribution >= 4 is 27.5 Å². The highest BCUT2D eigenvalue weighted by Crippen LogP contribution is 2.26. The summed E-state index contributed by atoms with van der Waals surface area (Å²) >= 11 is 0. The molecule has 0 aromatic heterocycles. The number of hydrogen-bond donors (Lipinski definition) is 2. The first-order valence-electron chi connectivity index (χ1n) is 10.4. The molecular weight excluding hydrogens is 475 g/mol. The SMILES string of the molecule is COc1ccc(S(=O)(=O)N2CCC[C@H](C(=O)Nc3ccccc3C(=O)NCC(F)(F)F)C2)cc1. The minimum absolute atomic E-state index is 0.0438. The summed E-state index contributed by atoms with van der Waals surface area (Å²) < 4.78 is 69.6. The Hall–Kier alpha value is -3.12. The molecular formula is C22H24F3N3O5S. The summed E-state index contributed by atoms with van der Waals surface area (Å²) in [7, 11) is -2.37. The number of alkyl halides is 3. The molecule has 0 spiro atoms. The first-order valence-corrected chi connectivity index (χ1v) is 11.8. The number of nitrogens with zero attached hydrogens (tertiary/aromatic N) is 1. The van der Waals surface area contributed by atoms with E-state index in [9.17, 15) is 31.2 Å². The van der Waals surface area contributed by atoms with Gasteiger partial charge in [-0.25, -0.2) is 8.42 Å². The molecule has 0 bridgehead atoms. The van der Waals surface area contributed by atoms with E-state index < -0.39 is 40.5 Å². The van der Waals surface area contributed by atoms with Crippen LogP contribution in [0.2, 0.25) is 0 Å². The molecule has 1 heterocycles. The molecule has 1 saturated heterocycles. The van der Waals surface area contributed by atoms with E-state index in [0.29, 0.717) is 18.6 Å². The van der Waals surface area contributed by atoms with Gasteiger partial charge in [0, 0.05) is 13.1 Å². The number of hydrogen-bond acceptors (Lipinski definition) is 5. The molecule has 34 heavy (non-hydrogen) atoms. The third kappa shape index (κ3) is 6.26. The number of rotatable bonds is 7. The Bertz CT molecular complexity index is 1140. The average Bonchev–Trinajstić information content (AvgIpc) is 2.82. The van der Waals surface area contributed by atoms with Crippen molar-refractivity contribution in [1.82, 2.24) is 9.62 Å². The van der Waals surface area contributed by atoms with Crippen molar-refractivity contribution in [3.63, 3.8) is 0 Å². The van der Waals surface area contributed by atoms with Crippen LogP contribution in [0.5, 0.6) is 5.75 Å². The number of ether oxygens (including phenoxy) is 1. The molecule has 0 saturated carbocycles. The van der Waals surface area contributed by atoms with Gasteiger partial charge in [-0.15, -0.1) is 0 Å². The molecule has 1 atom stereocenters. The summed E-state index contributed by atoms with van der Waals surface area (Å²) in [6, 6.07) is 11.6. The second kappa shape index (κ2) is 10.4. The van der Waals surface area contributed by atoms with E-state index in [4.69, 9.17) is 4.74 Å². The molecule has 0 radical (unpaired) electrons. The summed E-state index contributed by atoms with van der Waals surface area (Å²) in [5.74, 6) is -1.70. The van der Waals surface area contributed by atoms with E-state index in [0.717, 1.165) is 0 Å². The van der Waals surface area contributed by atoms with E-state index in [1.54, 1.807) is 5.32 Å². The van der Waals surface area contributed by atoms with Gasteiger partial charge in [-0.05, 0) is 49.2 Å². The Kier molecular flexibility index (Phi) is 7.82. The zero-order valence-electron chi connectivity index (χ0n) is 18.3. The lowest BCUT2D eigenvalue weighted by Crippen LogP contribution is -2.43. The van der Waals surface area contributed by atoms with Crippen LogP contribution in [0, 0.1) is 5.92 Å². The van der Waals surface area contributed by atoms with Gasteiger partial charge in [0.15, 0.2) is 0 Å². The highest BCUT2D eigenvalue weighted by Gasteiger charge is 2.34. The number of nitrogens with one attached hydrogen (secondary N) is 2. The van der Waals surface area contributed by atoms with E-state index in [1.807, 2.05) is 0 Å². The van der Waals surface area contributed by atoms with Crippen molar-refractivity contribution in [2.45, 2.75) is 23.9 Å². The zero-order chi connectivity index (χ0) is 24.9. The Morgan fingerprint density at radius 2 is 1.79 bits per heavy atom. The van der Waals surface area contributed by atoms with Gasteiger partial charge in [0.05, 0.1) is 29.2 Å². The van der Waals surface area contributed by atoms with Crippen LogP contribution in [0.25, 0.3) is 0 Å². The summed E-state index contributed by atoms with van der Waals surface area (Å²) in [4.78, 5) is 25.2. The normalized spacial score (nSPS) is 17.1. The molecule has 1 aliphatic heterocycles. The first-order chi connectivity index (χ1) is 16.0. The standard InChI is InChI=1S/C22H24F3N3O5S/c1-33-16-8-10-17(11-9-16)34(31,32)28-12-4-5-15(13-28)20(29)27-19-7-3-2-6-18(19)21(30)26-14-22(23,24)25/h2-3,6-11,15H,4-5,12-14H2,1H3,(H,26,30)(H,27,29)/t15-/m0/s1. The van der Waals surface area contributed by atoms with Crippen molar-refractivity contribution in [3.8, 4) is 5.75 Å². The quantitative estimate of drug-likeness (QED) is 0.610. The fourth-order valence-corrected chi connectivity index (χ4v) is 5.10. The van der Waals surface area contributed by atoms with Gasteiger partial charge in [0.25, 0.3) is 5.91 Å². The third-order valence-electron chi connectivity index (χ3n) is 5.33. The van der Waals surface area contributed by atoms with Crippen molar-refractivity contribution in [2.75, 3.05) is 32.1 Å². The third-order valence-corrected chi connectivity index (χ3v) is 7.21. The van der Waals surface area contributed by atoms with Gasteiger partial charge in [-0.1, -0.05) is 12.1 Å². The number of carbonyl (C=O) groups is 2. The fourth-order valence-electron chi connectivity index (χ4n) is 3.57. The number of halogens is 3. The lowest BCUT2D eigenvalue weighted by molar-refractivity contribution is -0.123. The predicted octanol–water partition coefficient (Wildman–Crippen LogP) is 3.03. The summed E-state index contributed by atoms with van der Waals surface area (Å²) in [5.41, 5.74) is -0.0825. The molecule has 2 N–H and O–H groups in total. The molecule has 1 aliphatic rings. The minimum Gasteiger partial charge on any atom is -0.497 e. The first kappa shape index (κ1) is 25.5. The van der Waals surface area contributed by atoms with E-state index in [1.165, 1.54) is 59.9 Å². The number of anilines is 1. The minimum atomic E-state index is -4.57. The van der Waals surface area contributed by atoms with E-state index in [-0.39, 0.29) is 29.2 Å². The van der Waals surface area contributed by atoms with Crippen LogP contribution >= 0.6 is 0 Å². The number of benzene rings is 2. The van der Waals surface area contributed by atoms with Crippen molar-refractivity contribution in [3.05, 3.63) is 54.1 Å². The predicted molar refractivity (Wildman–Crippen MR) is 118 cm³/mol. The Balaban J connectivity index is 1.71. The number of methoxy groups -OCH3 is 1. The van der Waals surface area contributed by atoms with E-state index in [2.05, 4.69) is 5.32 Å². The van der Waals surface area contributed by atoms with Gasteiger partial charge in [0.1, 0.15) is 12.3 Å². The van der Waals surface area contributed by atoms with Gasteiger partial charge < -0.3 is 15.4 Å². The van der Waals surface area contributed by atoms with E-state index >= 15 is 0 Å². The maximum absolute atomic E-state index is 13.0. The Morgan fingerprint density at radius 3 is 2.44 bits per heavy atom. The van der Waals surface area contributed by atoms with Crippen LogP contribution in [0.3, 0.4) is 0 Å². The molecule has 3 rings (SSSR count). The molecule has 2 aromatic carbocycles. The number of piperidine rings is 1. The summed E-state index contributed by atoms with van der Waals surface area (Å²) in [5, 5.41) is 4.34. The van der Waals surface area contributed by atoms with Crippen LogP contribution in [0.15, 0.2) is 53.4 Å². The molecule has 184 valence electrons. The maximum Gasteiger partial charge on any atom is 0.405 e. The lowest BCUT2D eigenvalue weighted by atomic mass is 9.98. The van der Waals surface area contributed by atoms with Gasteiger partial charge in [-0.2, -0.15) is 17.5 Å². The topological polar surface area (TPSA) is 105 Å². The number of sulfonamides is 1. The molecule has 1 fully saturated rings. The molecule has 2 amide bonds. The molecule has 0 unspecified atom stereocenters. The lowest BCUT2D eigenvalue weighted by Gasteiger charge is -2.31. The van der Waals surface area contributed by atoms with Gasteiger partial charge in [-0.3, -0.25) is 9.59 Å². The van der Waals surface area contributed by atoms with Crippen molar-refractivity contribution in [1.29, 1.82) is 0 Å². The van der Waals surface area contributed by atoms with Crippen LogP contribution in [-0.2, 0) is 14.8 Å². The molecule has 12 heteroatoms. The van der Waals surface area contributed by atoms with Gasteiger partial charge >= 0.3 is 6.18 Å². The molecule has 8 nitrogen and oxygen atoms in total. The largest absolute Gasteiger partial charge is 0.497 e. The monoisotopic (exact) mass is 499 g/mol. The second-order valence-corrected chi connectivity index (χ2v) is 9.65. The van der Waals surface area contributed by atoms with Crippen molar-refractivity contribution < 1.29 is 35.9 Å². The fraction of sp³-hybridized carbons (Fsp3) is 0.364. The second-order valence-electron chi connectivity index (χ2n) is 7.71. The average molecular weight is 500 g/mol. The highest BCUT2D eigenvalue weighted by molar-refractivity contribution is 7.89. The summed E-state index contributed by atoms with van der Waals surface area (Å²) in [6.45, 7) is -1.33. The molecule has 0 aliphatic carbocycles. The van der Waals surface area contributed by atoms with Crippen LogP contribution in [0.4, 0.5) is 18.9 Å². The Morgan fingerprint density at radius 1 is 1.12 bits per heavy atom. The highest BCUT2D eigenvalue weighted by atomic mass is 32.2. The van der Waals surface area contributed by atoms with Crippen LogP contribution < -0.4 is 15.4 Å². The maximum atomic E-state index is 13.0. The summed E-state index contributed by atoms with van der Waals surface area (Å²) in [6.07, 6.45) is -3.71. The van der Waals surface area contributed by atoms with Crippen molar-refractivity contribution in [2.24, 2.45) is 5.92 Å². The van der Waals surface area contributed by atoms with Gasteiger partial charge in [0.2, 0.25) is 15.9 Å². The smallest absolute Gasteiger partial charge is 0.405 e. The molecule has 2 aromatic rings. The number of amides is 2. The number of para-hydroxylation sites is 1. The van der Waals surface area contributed by atoms with Crippen LogP contribution in [-0.4, -0.2) is 57.5 Å². The zero-order valence-corrected chi connectivity index (χ0v) is 19.1. The Labute approximate surface area is 195 Å².